The molecule has 3 aromatic heterocycles. The van der Waals surface area contributed by atoms with E-state index in [4.69, 9.17) is 0 Å². The lowest BCUT2D eigenvalue weighted by Crippen LogP contribution is -2.49. The number of hydrogen-bond donors (Lipinski definition) is 0. The minimum Gasteiger partial charge on any atom is -0.310 e. The molecule has 1 aliphatic rings. The van der Waals surface area contributed by atoms with E-state index in [1.54, 1.807) is 0 Å². The average molecular weight is 799 g/mol. The molecular weight excluding hydrogens is 761 g/mol. The topological polar surface area (TPSA) is 7.65 Å². The molecule has 12 aromatic rings. The molecule has 0 bridgehead atoms. The van der Waals surface area contributed by atoms with Crippen molar-refractivity contribution in [1.82, 2.24) is 4.40 Å². The first-order chi connectivity index (χ1) is 29.5. The van der Waals surface area contributed by atoms with Gasteiger partial charge in [-0.1, -0.05) is 153 Å². The molecule has 4 heteroatoms. The van der Waals surface area contributed by atoms with Gasteiger partial charge in [0.25, 0.3) is 0 Å². The summed E-state index contributed by atoms with van der Waals surface area (Å²) < 4.78 is 5.21. The van der Waals surface area contributed by atoms with Crippen molar-refractivity contribution in [1.29, 1.82) is 0 Å². The van der Waals surface area contributed by atoms with Crippen molar-refractivity contribution in [2.24, 2.45) is 0 Å². The average Bonchev–Trinajstić information content (AvgIpc) is 3.93. The van der Waals surface area contributed by atoms with E-state index >= 15 is 0 Å². The second-order valence-corrected chi connectivity index (χ2v) is 22.2. The van der Waals surface area contributed by atoms with Crippen LogP contribution < -0.4 is 15.3 Å². The molecule has 0 radical (unpaired) electrons. The van der Waals surface area contributed by atoms with E-state index in [9.17, 15) is 0 Å². The van der Waals surface area contributed by atoms with Crippen LogP contribution in [0.4, 0.5) is 17.1 Å². The molecule has 2 nitrogen and oxygen atoms in total. The number of thiophene rings is 1. The van der Waals surface area contributed by atoms with Crippen LogP contribution >= 0.6 is 11.3 Å². The van der Waals surface area contributed by atoms with Crippen LogP contribution in [0.15, 0.2) is 194 Å². The van der Waals surface area contributed by atoms with Gasteiger partial charge in [0.1, 0.15) is 8.07 Å². The van der Waals surface area contributed by atoms with Gasteiger partial charge in [-0.2, -0.15) is 0 Å². The summed E-state index contributed by atoms with van der Waals surface area (Å²) in [6, 6.07) is 72.9. The molecule has 9 aromatic carbocycles. The number of nitrogens with zero attached hydrogens (tertiary/aromatic N) is 2. The molecule has 0 saturated carbocycles. The maximum atomic E-state index is 2.55. The molecule has 0 unspecified atom stereocenters. The number of anilines is 3. The first-order valence-electron chi connectivity index (χ1n) is 20.9. The molecule has 13 rings (SSSR count). The third-order valence-corrected chi connectivity index (χ3v) is 18.0. The van der Waals surface area contributed by atoms with Crippen molar-refractivity contribution < 1.29 is 0 Å². The third-order valence-electron chi connectivity index (χ3n) is 13.3. The van der Waals surface area contributed by atoms with Crippen LogP contribution in [0.3, 0.4) is 0 Å². The van der Waals surface area contributed by atoms with E-state index < -0.39 is 8.07 Å². The molecule has 0 fully saturated rings. The fourth-order valence-corrected chi connectivity index (χ4v) is 14.9. The SMILES string of the molecule is C[Si]1(C)c2ccccc2-c2ccc(N(c3ccc4c(c3)c3cccc5c6cccc7sc8cccc(c9ccccc9n4c53)c8c76)c3ccccc3-c3ccccc3)cc21. The monoisotopic (exact) mass is 798 g/mol. The fourth-order valence-electron chi connectivity index (χ4n) is 10.7. The fraction of sp³-hybridized carbons (Fsp3) is 0.0357. The van der Waals surface area contributed by atoms with Gasteiger partial charge in [0.2, 0.25) is 0 Å². The van der Waals surface area contributed by atoms with Gasteiger partial charge < -0.3 is 9.30 Å². The van der Waals surface area contributed by atoms with E-state index in [1.807, 2.05) is 11.3 Å². The van der Waals surface area contributed by atoms with E-state index in [0.717, 1.165) is 11.4 Å². The molecule has 0 spiro atoms. The summed E-state index contributed by atoms with van der Waals surface area (Å²) >= 11 is 1.90. The van der Waals surface area contributed by atoms with Gasteiger partial charge in [0.05, 0.1) is 22.2 Å². The minimum absolute atomic E-state index is 1.14. The second-order valence-electron chi connectivity index (χ2n) is 16.8. The predicted octanol–water partition coefficient (Wildman–Crippen LogP) is 14.9. The van der Waals surface area contributed by atoms with Crippen LogP contribution in [0.25, 0.3) is 91.3 Å². The van der Waals surface area contributed by atoms with Crippen LogP contribution in [0.1, 0.15) is 0 Å². The number of fused-ring (bicyclic) bond motifs is 10. The van der Waals surface area contributed by atoms with Gasteiger partial charge in [-0.3, -0.25) is 0 Å². The molecular formula is C56H38N2SSi. The molecule has 0 N–H and O–H groups in total. The molecule has 60 heavy (non-hydrogen) atoms. The minimum atomic E-state index is -1.95. The van der Waals surface area contributed by atoms with Gasteiger partial charge in [-0.15, -0.1) is 11.3 Å². The molecule has 0 aliphatic carbocycles. The molecule has 1 aliphatic heterocycles. The summed E-state index contributed by atoms with van der Waals surface area (Å²) in [5, 5.41) is 13.3. The summed E-state index contributed by atoms with van der Waals surface area (Å²) in [6.45, 7) is 5.02. The van der Waals surface area contributed by atoms with Crippen molar-refractivity contribution >= 4 is 116 Å². The summed E-state index contributed by atoms with van der Waals surface area (Å²) in [7, 11) is -1.95. The highest BCUT2D eigenvalue weighted by Crippen LogP contribution is 2.47. The summed E-state index contributed by atoms with van der Waals surface area (Å²) in [5.41, 5.74) is 12.3. The standard InChI is InChI=1S/C56H38N2SSi/c1-60(2)52-28-11-8-19-40(52)41-31-29-37(34-53(41)60)57(47-24-9-6-17-38(47)35-15-4-3-5-16-35)36-30-32-49-46(33-36)45-23-12-22-44-43-21-14-27-51-55(43)54-42(20-13-26-50(54)59-51)39-18-7-10-25-48(39)58(49)56(44)45/h3-34H,1-2H3. The van der Waals surface area contributed by atoms with Crippen LogP contribution in [0, 0.1) is 0 Å². The lowest BCUT2D eigenvalue weighted by atomic mass is 10.00. The Kier molecular flexibility index (Phi) is 7.08. The van der Waals surface area contributed by atoms with Gasteiger partial charge in [-0.25, -0.2) is 0 Å². The Labute approximate surface area is 352 Å². The van der Waals surface area contributed by atoms with Crippen LogP contribution in [-0.4, -0.2) is 12.5 Å². The van der Waals surface area contributed by atoms with Crippen molar-refractivity contribution in [2.45, 2.75) is 13.1 Å². The van der Waals surface area contributed by atoms with E-state index in [-0.39, 0.29) is 0 Å². The lowest BCUT2D eigenvalue weighted by Gasteiger charge is -2.29. The zero-order valence-electron chi connectivity index (χ0n) is 33.3. The Balaban J connectivity index is 1.15. The first-order valence-corrected chi connectivity index (χ1v) is 24.7. The van der Waals surface area contributed by atoms with Gasteiger partial charge >= 0.3 is 0 Å². The van der Waals surface area contributed by atoms with Crippen LogP contribution in [0.5, 0.6) is 0 Å². The Hall–Kier alpha value is -6.98. The zero-order chi connectivity index (χ0) is 39.7. The molecule has 0 amide bonds. The van der Waals surface area contributed by atoms with Crippen LogP contribution in [-0.2, 0) is 0 Å². The smallest absolute Gasteiger partial charge is 0.113 e. The normalized spacial score (nSPS) is 13.3. The van der Waals surface area contributed by atoms with E-state index in [1.165, 1.54) is 107 Å². The number of benzene rings is 9. The molecule has 0 atom stereocenters. The third kappa shape index (κ3) is 4.63. The summed E-state index contributed by atoms with van der Waals surface area (Å²) in [4.78, 5) is 2.51. The lowest BCUT2D eigenvalue weighted by molar-refractivity contribution is 1.29. The number of rotatable bonds is 4. The summed E-state index contributed by atoms with van der Waals surface area (Å²) in [5.74, 6) is 0. The first kappa shape index (κ1) is 33.9. The van der Waals surface area contributed by atoms with Crippen LogP contribution in [0.2, 0.25) is 13.1 Å². The highest BCUT2D eigenvalue weighted by Gasteiger charge is 2.38. The van der Waals surface area contributed by atoms with Crippen molar-refractivity contribution in [3.05, 3.63) is 194 Å². The number of aromatic nitrogens is 1. The number of hydrogen-bond acceptors (Lipinski definition) is 2. The highest BCUT2D eigenvalue weighted by molar-refractivity contribution is 7.26. The Morgan fingerprint density at radius 1 is 0.417 bits per heavy atom. The predicted molar refractivity (Wildman–Crippen MR) is 263 cm³/mol. The number of para-hydroxylation sites is 3. The zero-order valence-corrected chi connectivity index (χ0v) is 35.1. The van der Waals surface area contributed by atoms with Gasteiger partial charge in [-0.05, 0) is 92.4 Å². The molecule has 282 valence electrons. The Morgan fingerprint density at radius 2 is 0.983 bits per heavy atom. The highest BCUT2D eigenvalue weighted by atomic mass is 32.1. The van der Waals surface area contributed by atoms with Gasteiger partial charge in [0, 0.05) is 58.7 Å². The Morgan fingerprint density at radius 3 is 1.80 bits per heavy atom. The maximum Gasteiger partial charge on any atom is 0.113 e. The maximum absolute atomic E-state index is 2.55. The van der Waals surface area contributed by atoms with E-state index in [2.05, 4.69) is 217 Å². The van der Waals surface area contributed by atoms with Crippen molar-refractivity contribution in [2.75, 3.05) is 4.90 Å². The van der Waals surface area contributed by atoms with E-state index in [0.29, 0.717) is 0 Å². The Bertz CT molecular complexity index is 3760. The van der Waals surface area contributed by atoms with Gasteiger partial charge in [0.15, 0.2) is 0 Å². The van der Waals surface area contributed by atoms with Crippen molar-refractivity contribution in [3.8, 4) is 22.3 Å². The van der Waals surface area contributed by atoms with Crippen molar-refractivity contribution in [3.63, 3.8) is 0 Å². The largest absolute Gasteiger partial charge is 0.310 e. The molecule has 0 saturated heterocycles. The molecule has 4 heterocycles. The second kappa shape index (κ2) is 12.5. The summed E-state index contributed by atoms with van der Waals surface area (Å²) in [6.07, 6.45) is 0. The quantitative estimate of drug-likeness (QED) is 0.161.